The number of urea groups is 1. The highest BCUT2D eigenvalue weighted by atomic mass is 19.1. The highest BCUT2D eigenvalue weighted by Gasteiger charge is 2.26. The van der Waals surface area contributed by atoms with Gasteiger partial charge in [-0.1, -0.05) is 24.3 Å². The molecule has 3 aromatic carbocycles. The summed E-state index contributed by atoms with van der Waals surface area (Å²) in [6.07, 6.45) is 0.481. The van der Waals surface area contributed by atoms with Gasteiger partial charge in [0.15, 0.2) is 0 Å². The average Bonchev–Trinajstić information content (AvgIpc) is 3.28. The lowest BCUT2D eigenvalue weighted by Gasteiger charge is -2.30. The van der Waals surface area contributed by atoms with Gasteiger partial charge in [0.25, 0.3) is 5.91 Å². The third kappa shape index (κ3) is 3.98. The van der Waals surface area contributed by atoms with Crippen LogP contribution in [-0.4, -0.2) is 38.8 Å². The molecule has 3 N–H and O–H groups in total. The Kier molecular flexibility index (Phi) is 5.17. The molecule has 0 saturated carbocycles. The van der Waals surface area contributed by atoms with E-state index in [1.54, 1.807) is 23.1 Å². The molecule has 1 aromatic heterocycles. The summed E-state index contributed by atoms with van der Waals surface area (Å²) in [6, 6.07) is 13.1. The number of carbonyl (C=O) groups is 2. The first-order chi connectivity index (χ1) is 16.0. The van der Waals surface area contributed by atoms with E-state index in [4.69, 9.17) is 0 Å². The number of para-hydroxylation sites is 1. The van der Waals surface area contributed by atoms with E-state index in [-0.39, 0.29) is 29.2 Å². The largest absolute Gasteiger partial charge is 0.334 e. The fourth-order valence-electron chi connectivity index (χ4n) is 3.99. The number of fused-ring (bicyclic) bond motifs is 2. The molecule has 166 valence electrons. The Labute approximate surface area is 186 Å². The first-order valence-electron chi connectivity index (χ1n) is 10.2. The van der Waals surface area contributed by atoms with Crippen molar-refractivity contribution in [2.75, 3.05) is 17.2 Å². The van der Waals surface area contributed by atoms with E-state index in [0.717, 1.165) is 17.2 Å². The molecular formula is C23H18F2N6O2. The molecule has 0 unspecified atom stereocenters. The van der Waals surface area contributed by atoms with Gasteiger partial charge in [0.1, 0.15) is 22.7 Å². The molecule has 0 aliphatic carbocycles. The van der Waals surface area contributed by atoms with Gasteiger partial charge in [0, 0.05) is 24.8 Å². The van der Waals surface area contributed by atoms with Crippen LogP contribution in [0.5, 0.6) is 0 Å². The number of amides is 3. The van der Waals surface area contributed by atoms with Crippen molar-refractivity contribution in [3.05, 3.63) is 82.9 Å². The summed E-state index contributed by atoms with van der Waals surface area (Å²) in [4.78, 5) is 27.1. The molecule has 0 spiro atoms. The van der Waals surface area contributed by atoms with E-state index < -0.39 is 17.7 Å². The number of nitrogens with one attached hydrogen (secondary N) is 3. The highest BCUT2D eigenvalue weighted by molar-refractivity contribution is 6.05. The molecule has 0 radical (unpaired) electrons. The van der Waals surface area contributed by atoms with Crippen LogP contribution in [0.4, 0.5) is 25.0 Å². The number of anilines is 2. The second kappa shape index (κ2) is 8.30. The van der Waals surface area contributed by atoms with E-state index in [1.165, 1.54) is 24.3 Å². The number of aromatic amines is 1. The summed E-state index contributed by atoms with van der Waals surface area (Å²) in [7, 11) is 0. The van der Waals surface area contributed by atoms with Crippen LogP contribution in [-0.2, 0) is 13.0 Å². The molecule has 1 aliphatic heterocycles. The average molecular weight is 448 g/mol. The van der Waals surface area contributed by atoms with Crippen molar-refractivity contribution in [1.29, 1.82) is 0 Å². The summed E-state index contributed by atoms with van der Waals surface area (Å²) < 4.78 is 27.8. The van der Waals surface area contributed by atoms with Gasteiger partial charge < -0.3 is 15.5 Å². The van der Waals surface area contributed by atoms with Crippen molar-refractivity contribution < 1.29 is 18.4 Å². The van der Waals surface area contributed by atoms with Crippen LogP contribution in [0.2, 0.25) is 0 Å². The number of halogens is 2. The highest BCUT2D eigenvalue weighted by Crippen LogP contribution is 2.28. The number of hydrogen-bond acceptors (Lipinski definition) is 4. The van der Waals surface area contributed by atoms with Gasteiger partial charge in [-0.2, -0.15) is 15.4 Å². The molecule has 0 atom stereocenters. The maximum absolute atomic E-state index is 14.0. The molecule has 33 heavy (non-hydrogen) atoms. The predicted molar refractivity (Wildman–Crippen MR) is 118 cm³/mol. The van der Waals surface area contributed by atoms with E-state index in [9.17, 15) is 18.4 Å². The zero-order valence-corrected chi connectivity index (χ0v) is 17.2. The Morgan fingerprint density at radius 1 is 0.970 bits per heavy atom. The molecular weight excluding hydrogens is 430 g/mol. The minimum atomic E-state index is -0.569. The maximum Gasteiger partial charge on any atom is 0.323 e. The van der Waals surface area contributed by atoms with Crippen LogP contribution in [0.25, 0.3) is 11.0 Å². The first kappa shape index (κ1) is 20.6. The van der Waals surface area contributed by atoms with Crippen LogP contribution >= 0.6 is 0 Å². The van der Waals surface area contributed by atoms with Gasteiger partial charge in [-0.3, -0.25) is 4.79 Å². The van der Waals surface area contributed by atoms with Crippen molar-refractivity contribution in [3.8, 4) is 0 Å². The maximum atomic E-state index is 14.0. The fraction of sp³-hybridized carbons (Fsp3) is 0.130. The molecule has 5 rings (SSSR count). The lowest BCUT2D eigenvalue weighted by molar-refractivity contribution is 0.0736. The molecule has 1 aliphatic rings. The standard InChI is InChI=1S/C23H18F2N6O2/c24-14-10-16(21-20(11-14)28-30-29-21)22(32)31-9-8-15-13(12-31)4-3-7-18(15)26-23(33)27-19-6-2-1-5-17(19)25/h1-7,10-11H,8-9,12H2,(H2,26,27,33)(H,28,29,30). The number of nitrogens with zero attached hydrogens (tertiary/aromatic N) is 3. The van der Waals surface area contributed by atoms with Crippen molar-refractivity contribution in [3.63, 3.8) is 0 Å². The van der Waals surface area contributed by atoms with Gasteiger partial charge in [-0.15, -0.1) is 0 Å². The van der Waals surface area contributed by atoms with Crippen molar-refractivity contribution in [2.45, 2.75) is 13.0 Å². The van der Waals surface area contributed by atoms with Crippen molar-refractivity contribution >= 4 is 34.3 Å². The Bertz CT molecular complexity index is 1390. The zero-order chi connectivity index (χ0) is 22.9. The van der Waals surface area contributed by atoms with Crippen LogP contribution in [0, 0.1) is 11.6 Å². The summed E-state index contributed by atoms with van der Waals surface area (Å²) in [5, 5.41) is 15.5. The normalized spacial score (nSPS) is 13.0. The molecule has 4 aromatic rings. The second-order valence-electron chi connectivity index (χ2n) is 7.62. The van der Waals surface area contributed by atoms with E-state index >= 15 is 0 Å². The summed E-state index contributed by atoms with van der Waals surface area (Å²) in [5.74, 6) is -1.45. The van der Waals surface area contributed by atoms with Crippen LogP contribution in [0.3, 0.4) is 0 Å². The number of carbonyl (C=O) groups excluding carboxylic acids is 2. The number of aromatic nitrogens is 3. The molecule has 8 nitrogen and oxygen atoms in total. The lowest BCUT2D eigenvalue weighted by atomic mass is 9.97. The summed E-state index contributed by atoms with van der Waals surface area (Å²) in [5.41, 5.74) is 3.13. The Morgan fingerprint density at radius 2 is 1.76 bits per heavy atom. The topological polar surface area (TPSA) is 103 Å². The van der Waals surface area contributed by atoms with Gasteiger partial charge in [-0.05, 0) is 41.8 Å². The van der Waals surface area contributed by atoms with E-state index in [0.29, 0.717) is 24.2 Å². The molecule has 0 saturated heterocycles. The molecule has 3 amide bonds. The van der Waals surface area contributed by atoms with Crippen LogP contribution in [0.15, 0.2) is 54.6 Å². The SMILES string of the molecule is O=C(Nc1ccccc1F)Nc1cccc2c1CCN(C(=O)c1cc(F)cc3n[nH]nc13)C2. The third-order valence-electron chi connectivity index (χ3n) is 5.54. The predicted octanol–water partition coefficient (Wildman–Crippen LogP) is 4.08. The monoisotopic (exact) mass is 448 g/mol. The van der Waals surface area contributed by atoms with Gasteiger partial charge >= 0.3 is 6.03 Å². The molecule has 10 heteroatoms. The van der Waals surface area contributed by atoms with E-state index in [2.05, 4.69) is 26.0 Å². The Balaban J connectivity index is 1.35. The summed E-state index contributed by atoms with van der Waals surface area (Å²) >= 11 is 0. The molecule has 2 heterocycles. The molecule has 0 fully saturated rings. The van der Waals surface area contributed by atoms with Crippen molar-refractivity contribution in [2.24, 2.45) is 0 Å². The number of rotatable bonds is 3. The number of hydrogen-bond donors (Lipinski definition) is 3. The van der Waals surface area contributed by atoms with Gasteiger partial charge in [0.05, 0.1) is 11.3 Å². The minimum absolute atomic E-state index is 0.0748. The van der Waals surface area contributed by atoms with Crippen molar-refractivity contribution in [1.82, 2.24) is 20.3 Å². The van der Waals surface area contributed by atoms with Gasteiger partial charge in [-0.25, -0.2) is 13.6 Å². The first-order valence-corrected chi connectivity index (χ1v) is 10.2. The fourth-order valence-corrected chi connectivity index (χ4v) is 3.99. The lowest BCUT2D eigenvalue weighted by Crippen LogP contribution is -2.36. The molecule has 0 bridgehead atoms. The Hall–Kier alpha value is -4.34. The smallest absolute Gasteiger partial charge is 0.323 e. The summed E-state index contributed by atoms with van der Waals surface area (Å²) in [6.45, 7) is 0.657. The van der Waals surface area contributed by atoms with Crippen LogP contribution in [0.1, 0.15) is 21.5 Å². The number of H-pyrrole nitrogens is 1. The number of benzene rings is 3. The third-order valence-corrected chi connectivity index (χ3v) is 5.54. The Morgan fingerprint density at radius 3 is 2.61 bits per heavy atom. The van der Waals surface area contributed by atoms with Gasteiger partial charge in [0.2, 0.25) is 0 Å². The minimum Gasteiger partial charge on any atom is -0.334 e. The van der Waals surface area contributed by atoms with Crippen LogP contribution < -0.4 is 10.6 Å². The zero-order valence-electron chi connectivity index (χ0n) is 17.2. The quantitative estimate of drug-likeness (QED) is 0.439. The second-order valence-corrected chi connectivity index (χ2v) is 7.62. The van der Waals surface area contributed by atoms with E-state index in [1.807, 2.05) is 6.07 Å².